The van der Waals surface area contributed by atoms with Crippen molar-refractivity contribution in [2.45, 2.75) is 13.3 Å². The number of ether oxygens (including phenoxy) is 1. The number of halogens is 2. The summed E-state index contributed by atoms with van der Waals surface area (Å²) in [7, 11) is 1.67. The van der Waals surface area contributed by atoms with Crippen molar-refractivity contribution in [3.8, 4) is 5.75 Å². The van der Waals surface area contributed by atoms with E-state index in [-0.39, 0.29) is 17.0 Å². The van der Waals surface area contributed by atoms with Crippen molar-refractivity contribution < 1.29 is 23.1 Å². The van der Waals surface area contributed by atoms with Crippen LogP contribution < -0.4 is 14.5 Å². The number of carbonyl (C=O) groups excluding carboxylic acids is 2. The Morgan fingerprint density at radius 2 is 1.61 bits per heavy atom. The third-order valence-corrected chi connectivity index (χ3v) is 5.30. The molecule has 0 radical (unpaired) electrons. The number of nitrogens with zero attached hydrogens (tertiary/aromatic N) is 2. The van der Waals surface area contributed by atoms with Crippen LogP contribution in [0.3, 0.4) is 0 Å². The zero-order valence-electron chi connectivity index (χ0n) is 18.2. The van der Waals surface area contributed by atoms with Gasteiger partial charge in [0.25, 0.3) is 11.8 Å². The maximum absolute atomic E-state index is 14.6. The first-order chi connectivity index (χ1) is 15.9. The predicted molar refractivity (Wildman–Crippen MR) is 123 cm³/mol. The smallest absolute Gasteiger partial charge is 0.282 e. The zero-order valence-corrected chi connectivity index (χ0v) is 18.2. The first-order valence-corrected chi connectivity index (χ1v) is 10.5. The van der Waals surface area contributed by atoms with Gasteiger partial charge in [-0.05, 0) is 48.4 Å². The van der Waals surface area contributed by atoms with Crippen molar-refractivity contribution in [2.75, 3.05) is 23.5 Å². The van der Waals surface area contributed by atoms with Crippen molar-refractivity contribution in [1.82, 2.24) is 0 Å². The van der Waals surface area contributed by atoms with Gasteiger partial charge in [-0.1, -0.05) is 37.3 Å². The van der Waals surface area contributed by atoms with Gasteiger partial charge in [-0.25, -0.2) is 13.7 Å². The molecule has 0 fully saturated rings. The summed E-state index contributed by atoms with van der Waals surface area (Å²) in [5.74, 6) is -2.54. The van der Waals surface area contributed by atoms with Gasteiger partial charge in [0.15, 0.2) is 0 Å². The van der Waals surface area contributed by atoms with Crippen molar-refractivity contribution in [3.05, 3.63) is 95.7 Å². The van der Waals surface area contributed by atoms with E-state index in [2.05, 4.69) is 0 Å². The lowest BCUT2D eigenvalue weighted by atomic mass is 10.0. The number of rotatable bonds is 7. The molecule has 3 aromatic rings. The molecule has 0 spiro atoms. The summed E-state index contributed by atoms with van der Waals surface area (Å²) in [4.78, 5) is 29.3. The van der Waals surface area contributed by atoms with Crippen LogP contribution in [0, 0.1) is 11.6 Å². The largest absolute Gasteiger partial charge is 0.494 e. The zero-order chi connectivity index (χ0) is 23.5. The fourth-order valence-electron chi connectivity index (χ4n) is 3.69. The molecule has 7 heteroatoms. The molecule has 0 saturated carbocycles. The highest BCUT2D eigenvalue weighted by Crippen LogP contribution is 2.37. The number of imide groups is 1. The number of para-hydroxylation sites is 1. The fourth-order valence-corrected chi connectivity index (χ4v) is 3.69. The summed E-state index contributed by atoms with van der Waals surface area (Å²) in [6.45, 7) is 2.55. The number of carbonyl (C=O) groups is 2. The van der Waals surface area contributed by atoms with Crippen LogP contribution in [0.5, 0.6) is 5.75 Å². The Morgan fingerprint density at radius 3 is 2.24 bits per heavy atom. The van der Waals surface area contributed by atoms with Gasteiger partial charge in [-0.15, -0.1) is 0 Å². The molecule has 3 aromatic carbocycles. The Balaban J connectivity index is 1.82. The van der Waals surface area contributed by atoms with E-state index < -0.39 is 23.4 Å². The second-order valence-electron chi connectivity index (χ2n) is 7.53. The van der Waals surface area contributed by atoms with Gasteiger partial charge < -0.3 is 9.64 Å². The van der Waals surface area contributed by atoms with Crippen LogP contribution in [0.15, 0.2) is 78.5 Å². The highest BCUT2D eigenvalue weighted by molar-refractivity contribution is 6.46. The van der Waals surface area contributed by atoms with Crippen LogP contribution in [0.25, 0.3) is 5.57 Å². The van der Waals surface area contributed by atoms with E-state index >= 15 is 0 Å². The Kier molecular flexibility index (Phi) is 6.22. The highest BCUT2D eigenvalue weighted by atomic mass is 19.1. The van der Waals surface area contributed by atoms with Crippen LogP contribution in [0.2, 0.25) is 0 Å². The molecule has 1 heterocycles. The van der Waals surface area contributed by atoms with E-state index in [0.29, 0.717) is 29.7 Å². The maximum Gasteiger partial charge on any atom is 0.282 e. The standard InChI is InChI=1S/C26H22F2N2O3/c1-3-15-33-20-12-9-17(10-13-20)23-24(29(2)19-7-5-4-6-8-19)26(32)30(25(23)31)22-14-11-18(27)16-21(22)28/h4-14,16H,3,15H2,1-2H3. The minimum atomic E-state index is -0.997. The van der Waals surface area contributed by atoms with Crippen LogP contribution in [0.1, 0.15) is 18.9 Å². The number of hydrogen-bond acceptors (Lipinski definition) is 4. The number of anilines is 2. The molecule has 0 bridgehead atoms. The molecule has 1 aliphatic rings. The SMILES string of the molecule is CCCOc1ccc(C2=C(N(C)c3ccccc3)C(=O)N(c3ccc(F)cc3F)C2=O)cc1. The lowest BCUT2D eigenvalue weighted by Gasteiger charge is -2.21. The first-order valence-electron chi connectivity index (χ1n) is 10.5. The van der Waals surface area contributed by atoms with Gasteiger partial charge in [0.05, 0.1) is 17.9 Å². The summed E-state index contributed by atoms with van der Waals surface area (Å²) in [5.41, 5.74) is 1.08. The van der Waals surface area contributed by atoms with E-state index in [0.717, 1.165) is 23.5 Å². The number of benzene rings is 3. The van der Waals surface area contributed by atoms with Crippen molar-refractivity contribution in [3.63, 3.8) is 0 Å². The third kappa shape index (κ3) is 4.22. The molecule has 33 heavy (non-hydrogen) atoms. The normalized spacial score (nSPS) is 13.6. The summed E-state index contributed by atoms with van der Waals surface area (Å²) >= 11 is 0. The molecule has 0 saturated heterocycles. The summed E-state index contributed by atoms with van der Waals surface area (Å²) in [6.07, 6.45) is 0.851. The summed E-state index contributed by atoms with van der Waals surface area (Å²) in [5, 5.41) is 0. The molecular weight excluding hydrogens is 426 g/mol. The monoisotopic (exact) mass is 448 g/mol. The Hall–Kier alpha value is -4.00. The van der Waals surface area contributed by atoms with E-state index in [1.807, 2.05) is 25.1 Å². The molecule has 168 valence electrons. The van der Waals surface area contributed by atoms with Gasteiger partial charge in [0.1, 0.15) is 23.1 Å². The quantitative estimate of drug-likeness (QED) is 0.468. The molecule has 0 aliphatic carbocycles. The van der Waals surface area contributed by atoms with Crippen molar-refractivity contribution in [1.29, 1.82) is 0 Å². The Bertz CT molecular complexity index is 1220. The minimum absolute atomic E-state index is 0.0946. The molecule has 0 aromatic heterocycles. The molecule has 1 aliphatic heterocycles. The number of hydrogen-bond donors (Lipinski definition) is 0. The van der Waals surface area contributed by atoms with Gasteiger partial charge in [-0.2, -0.15) is 0 Å². The highest BCUT2D eigenvalue weighted by Gasteiger charge is 2.43. The average molecular weight is 448 g/mol. The number of amides is 2. The third-order valence-electron chi connectivity index (χ3n) is 5.30. The van der Waals surface area contributed by atoms with E-state index in [1.165, 1.54) is 0 Å². The molecule has 4 rings (SSSR count). The van der Waals surface area contributed by atoms with Crippen LogP contribution in [0.4, 0.5) is 20.2 Å². The van der Waals surface area contributed by atoms with Crippen LogP contribution in [-0.4, -0.2) is 25.5 Å². The average Bonchev–Trinajstić information content (AvgIpc) is 3.08. The van der Waals surface area contributed by atoms with Crippen LogP contribution in [-0.2, 0) is 9.59 Å². The first kappa shape index (κ1) is 22.2. The fraction of sp³-hybridized carbons (Fsp3) is 0.154. The molecule has 5 nitrogen and oxygen atoms in total. The molecule has 2 amide bonds. The lowest BCUT2D eigenvalue weighted by Crippen LogP contribution is -2.34. The minimum Gasteiger partial charge on any atom is -0.494 e. The maximum atomic E-state index is 14.6. The Labute approximate surface area is 190 Å². The summed E-state index contributed by atoms with van der Waals surface area (Å²) in [6, 6.07) is 18.6. The van der Waals surface area contributed by atoms with Gasteiger partial charge in [0, 0.05) is 18.8 Å². The van der Waals surface area contributed by atoms with Crippen molar-refractivity contribution >= 4 is 28.8 Å². The molecule has 0 N–H and O–H groups in total. The van der Waals surface area contributed by atoms with Gasteiger partial charge >= 0.3 is 0 Å². The molecular formula is C26H22F2N2O3. The Morgan fingerprint density at radius 1 is 0.909 bits per heavy atom. The lowest BCUT2D eigenvalue weighted by molar-refractivity contribution is -0.120. The second-order valence-corrected chi connectivity index (χ2v) is 7.53. The molecule has 0 atom stereocenters. The van der Waals surface area contributed by atoms with Crippen LogP contribution >= 0.6 is 0 Å². The number of likely N-dealkylation sites (N-methyl/N-ethyl adjacent to an activating group) is 1. The summed E-state index contributed by atoms with van der Waals surface area (Å²) < 4.78 is 33.6. The van der Waals surface area contributed by atoms with E-state index in [4.69, 9.17) is 4.74 Å². The topological polar surface area (TPSA) is 49.9 Å². The van der Waals surface area contributed by atoms with E-state index in [1.54, 1.807) is 48.3 Å². The van der Waals surface area contributed by atoms with Gasteiger partial charge in [0.2, 0.25) is 0 Å². The predicted octanol–water partition coefficient (Wildman–Crippen LogP) is 5.17. The molecule has 0 unspecified atom stereocenters. The van der Waals surface area contributed by atoms with E-state index in [9.17, 15) is 18.4 Å². The van der Waals surface area contributed by atoms with Gasteiger partial charge in [-0.3, -0.25) is 9.59 Å². The second kappa shape index (κ2) is 9.24. The van der Waals surface area contributed by atoms with Crippen molar-refractivity contribution in [2.24, 2.45) is 0 Å².